The van der Waals surface area contributed by atoms with Crippen molar-refractivity contribution in [1.82, 2.24) is 4.90 Å². The van der Waals surface area contributed by atoms with E-state index in [9.17, 15) is 4.39 Å². The minimum Gasteiger partial charge on any atom is -0.330 e. The topological polar surface area (TPSA) is 29.3 Å². The number of halogens is 2. The van der Waals surface area contributed by atoms with Crippen molar-refractivity contribution in [3.8, 4) is 0 Å². The summed E-state index contributed by atoms with van der Waals surface area (Å²) in [5.74, 6) is 0.221. The predicted octanol–water partition coefficient (Wildman–Crippen LogP) is 3.71. The Kier molecular flexibility index (Phi) is 5.37. The molecule has 0 aromatic heterocycles. The Morgan fingerprint density at radius 1 is 1.42 bits per heavy atom. The molecule has 0 aliphatic carbocycles. The van der Waals surface area contributed by atoms with Gasteiger partial charge in [0.25, 0.3) is 0 Å². The average Bonchev–Trinajstić information content (AvgIpc) is 2.63. The standard InChI is InChI=1S/C15H22BrFN2/c1-2-19-8-4-3-5-11(10-18)15(19)13-9-12(16)6-7-14(13)17/h6-7,9,11,15H,2-5,8,10,18H2,1H3. The number of rotatable bonds is 3. The van der Waals surface area contributed by atoms with Crippen LogP contribution >= 0.6 is 15.9 Å². The Balaban J connectivity index is 2.41. The van der Waals surface area contributed by atoms with Crippen LogP contribution in [0.25, 0.3) is 0 Å². The SMILES string of the molecule is CCN1CCCCC(CN)C1c1cc(Br)ccc1F. The van der Waals surface area contributed by atoms with Crippen LogP contribution in [-0.2, 0) is 0 Å². The van der Waals surface area contributed by atoms with Crippen molar-refractivity contribution in [2.75, 3.05) is 19.6 Å². The van der Waals surface area contributed by atoms with Crippen LogP contribution in [0.4, 0.5) is 4.39 Å². The Bertz CT molecular complexity index is 411. The second kappa shape index (κ2) is 6.82. The Morgan fingerprint density at radius 3 is 2.89 bits per heavy atom. The monoisotopic (exact) mass is 328 g/mol. The van der Waals surface area contributed by atoms with Crippen LogP contribution in [0.15, 0.2) is 22.7 Å². The molecule has 0 amide bonds. The van der Waals surface area contributed by atoms with Gasteiger partial charge >= 0.3 is 0 Å². The van der Waals surface area contributed by atoms with E-state index in [-0.39, 0.29) is 11.9 Å². The third kappa shape index (κ3) is 3.36. The second-order valence-corrected chi connectivity index (χ2v) is 6.15. The largest absolute Gasteiger partial charge is 0.330 e. The van der Waals surface area contributed by atoms with Gasteiger partial charge in [-0.15, -0.1) is 0 Å². The van der Waals surface area contributed by atoms with Crippen molar-refractivity contribution >= 4 is 15.9 Å². The van der Waals surface area contributed by atoms with Crippen LogP contribution in [0.2, 0.25) is 0 Å². The zero-order valence-electron chi connectivity index (χ0n) is 11.4. The summed E-state index contributed by atoms with van der Waals surface area (Å²) in [4.78, 5) is 2.37. The number of hydrogen-bond donors (Lipinski definition) is 1. The molecule has 2 rings (SSSR count). The molecule has 1 heterocycles. The highest BCUT2D eigenvalue weighted by Crippen LogP contribution is 2.36. The number of benzene rings is 1. The number of nitrogens with two attached hydrogens (primary N) is 1. The highest BCUT2D eigenvalue weighted by molar-refractivity contribution is 9.10. The molecule has 0 spiro atoms. The highest BCUT2D eigenvalue weighted by Gasteiger charge is 2.31. The van der Waals surface area contributed by atoms with Gasteiger partial charge in [-0.1, -0.05) is 29.3 Å². The zero-order chi connectivity index (χ0) is 13.8. The van der Waals surface area contributed by atoms with Crippen LogP contribution < -0.4 is 5.73 Å². The molecular weight excluding hydrogens is 307 g/mol. The molecule has 4 heteroatoms. The summed E-state index contributed by atoms with van der Waals surface area (Å²) < 4.78 is 15.1. The molecule has 1 fully saturated rings. The number of nitrogens with zero attached hydrogens (tertiary/aromatic N) is 1. The minimum atomic E-state index is -0.119. The van der Waals surface area contributed by atoms with E-state index in [1.165, 1.54) is 12.8 Å². The molecule has 2 atom stereocenters. The second-order valence-electron chi connectivity index (χ2n) is 5.23. The van der Waals surface area contributed by atoms with Gasteiger partial charge in [0.15, 0.2) is 0 Å². The van der Waals surface area contributed by atoms with Crippen molar-refractivity contribution in [3.63, 3.8) is 0 Å². The summed E-state index contributed by atoms with van der Waals surface area (Å²) in [6.45, 7) is 4.73. The van der Waals surface area contributed by atoms with E-state index in [4.69, 9.17) is 5.73 Å². The summed E-state index contributed by atoms with van der Waals surface area (Å²) in [7, 11) is 0. The lowest BCUT2D eigenvalue weighted by Gasteiger charge is -2.34. The molecule has 19 heavy (non-hydrogen) atoms. The third-order valence-corrected chi connectivity index (χ3v) is 4.59. The van der Waals surface area contributed by atoms with Gasteiger partial charge in [0.2, 0.25) is 0 Å². The first-order valence-corrected chi connectivity index (χ1v) is 7.85. The van der Waals surface area contributed by atoms with E-state index >= 15 is 0 Å². The minimum absolute atomic E-state index is 0.106. The van der Waals surface area contributed by atoms with Crippen molar-refractivity contribution in [2.45, 2.75) is 32.2 Å². The van der Waals surface area contributed by atoms with E-state index in [1.54, 1.807) is 12.1 Å². The quantitative estimate of drug-likeness (QED) is 0.916. The van der Waals surface area contributed by atoms with Crippen LogP contribution in [0.1, 0.15) is 37.8 Å². The molecule has 0 saturated carbocycles. The maximum absolute atomic E-state index is 14.2. The Hall–Kier alpha value is -0.450. The lowest BCUT2D eigenvalue weighted by atomic mass is 9.89. The first kappa shape index (κ1) is 14.9. The van der Waals surface area contributed by atoms with Gasteiger partial charge in [0, 0.05) is 16.1 Å². The molecule has 2 N–H and O–H groups in total. The molecule has 1 aliphatic rings. The Morgan fingerprint density at radius 2 is 2.21 bits per heavy atom. The lowest BCUT2D eigenvalue weighted by molar-refractivity contribution is 0.162. The first-order valence-electron chi connectivity index (χ1n) is 7.06. The molecule has 1 saturated heterocycles. The van der Waals surface area contributed by atoms with E-state index in [1.807, 2.05) is 6.07 Å². The molecule has 2 unspecified atom stereocenters. The molecule has 2 nitrogen and oxygen atoms in total. The van der Waals surface area contributed by atoms with Crippen LogP contribution in [-0.4, -0.2) is 24.5 Å². The molecule has 1 aromatic carbocycles. The van der Waals surface area contributed by atoms with Crippen LogP contribution in [0.3, 0.4) is 0 Å². The van der Waals surface area contributed by atoms with Crippen LogP contribution in [0, 0.1) is 11.7 Å². The van der Waals surface area contributed by atoms with E-state index < -0.39 is 0 Å². The maximum Gasteiger partial charge on any atom is 0.128 e. The Labute approximate surface area is 123 Å². The molecule has 1 aromatic rings. The molecule has 0 bridgehead atoms. The van der Waals surface area contributed by atoms with Crippen molar-refractivity contribution in [2.24, 2.45) is 11.7 Å². The van der Waals surface area contributed by atoms with Gasteiger partial charge in [-0.3, -0.25) is 4.90 Å². The fourth-order valence-corrected chi connectivity index (χ4v) is 3.49. The fraction of sp³-hybridized carbons (Fsp3) is 0.600. The highest BCUT2D eigenvalue weighted by atomic mass is 79.9. The van der Waals surface area contributed by atoms with Gasteiger partial charge in [0.1, 0.15) is 5.82 Å². The average molecular weight is 329 g/mol. The summed E-state index contributed by atoms with van der Waals surface area (Å²) >= 11 is 3.45. The summed E-state index contributed by atoms with van der Waals surface area (Å²) in [6, 6.07) is 5.32. The zero-order valence-corrected chi connectivity index (χ0v) is 13.0. The summed E-state index contributed by atoms with van der Waals surface area (Å²) in [5, 5.41) is 0. The first-order chi connectivity index (χ1) is 9.17. The lowest BCUT2D eigenvalue weighted by Crippen LogP contribution is -2.36. The van der Waals surface area contributed by atoms with Crippen molar-refractivity contribution in [1.29, 1.82) is 0 Å². The maximum atomic E-state index is 14.2. The summed E-state index contributed by atoms with van der Waals surface area (Å²) in [6.07, 6.45) is 3.45. The van der Waals surface area contributed by atoms with Gasteiger partial charge in [0.05, 0.1) is 0 Å². The number of likely N-dealkylation sites (tertiary alicyclic amines) is 1. The third-order valence-electron chi connectivity index (χ3n) is 4.10. The molecule has 0 radical (unpaired) electrons. The number of hydrogen-bond acceptors (Lipinski definition) is 2. The molecular formula is C15H22BrFN2. The normalized spacial score (nSPS) is 25.3. The van der Waals surface area contributed by atoms with Gasteiger partial charge in [-0.25, -0.2) is 4.39 Å². The van der Waals surface area contributed by atoms with Crippen LogP contribution in [0.5, 0.6) is 0 Å². The van der Waals surface area contributed by atoms with Gasteiger partial charge in [-0.2, -0.15) is 0 Å². The molecule has 106 valence electrons. The van der Waals surface area contributed by atoms with Crippen molar-refractivity contribution in [3.05, 3.63) is 34.1 Å². The van der Waals surface area contributed by atoms with Gasteiger partial charge < -0.3 is 5.73 Å². The van der Waals surface area contributed by atoms with E-state index in [0.29, 0.717) is 12.5 Å². The van der Waals surface area contributed by atoms with Gasteiger partial charge in [-0.05, 0) is 56.6 Å². The molecule has 1 aliphatic heterocycles. The fourth-order valence-electron chi connectivity index (χ4n) is 3.11. The van der Waals surface area contributed by atoms with Crippen molar-refractivity contribution < 1.29 is 4.39 Å². The van der Waals surface area contributed by atoms with E-state index in [2.05, 4.69) is 27.8 Å². The smallest absolute Gasteiger partial charge is 0.128 e. The predicted molar refractivity (Wildman–Crippen MR) is 80.5 cm³/mol. The van der Waals surface area contributed by atoms with E-state index in [0.717, 1.165) is 29.5 Å². The summed E-state index contributed by atoms with van der Waals surface area (Å²) in [5.41, 5.74) is 6.73.